The van der Waals surface area contributed by atoms with Crippen LogP contribution in [0.2, 0.25) is 0 Å². The van der Waals surface area contributed by atoms with E-state index in [0.717, 1.165) is 11.3 Å². The van der Waals surface area contributed by atoms with Crippen LogP contribution in [-0.4, -0.2) is 29.5 Å². The molecule has 1 N–H and O–H groups in total. The van der Waals surface area contributed by atoms with Crippen LogP contribution in [0, 0.1) is 0 Å². The maximum absolute atomic E-state index is 12.3. The summed E-state index contributed by atoms with van der Waals surface area (Å²) in [5, 5.41) is 7.67. The quantitative estimate of drug-likeness (QED) is 0.813. The highest BCUT2D eigenvalue weighted by molar-refractivity contribution is 5.16. The molecule has 0 aliphatic rings. The summed E-state index contributed by atoms with van der Waals surface area (Å²) >= 11 is 0. The number of ether oxygens (including phenoxy) is 1. The van der Waals surface area contributed by atoms with Crippen molar-refractivity contribution in [1.82, 2.24) is 15.1 Å². The largest absolute Gasteiger partial charge is 0.383 e. The highest BCUT2D eigenvalue weighted by atomic mass is 16.5. The molecule has 0 radical (unpaired) electrons. The SMILES string of the molecule is COCCn1nc(C(C)C)cc(CNC(C)C)c1=O. The minimum Gasteiger partial charge on any atom is -0.383 e. The topological polar surface area (TPSA) is 56.1 Å². The van der Waals surface area contributed by atoms with Gasteiger partial charge in [0.2, 0.25) is 0 Å². The predicted octanol–water partition coefficient (Wildman–Crippen LogP) is 1.51. The van der Waals surface area contributed by atoms with Crippen molar-refractivity contribution in [2.24, 2.45) is 0 Å². The minimum absolute atomic E-state index is 0.0328. The Kier molecular flexibility index (Phi) is 6.18. The zero-order valence-electron chi connectivity index (χ0n) is 12.6. The third-order valence-corrected chi connectivity index (χ3v) is 2.87. The molecule has 0 bridgehead atoms. The van der Waals surface area contributed by atoms with Crippen molar-refractivity contribution in [2.45, 2.75) is 52.7 Å². The van der Waals surface area contributed by atoms with Crippen LogP contribution in [0.15, 0.2) is 10.9 Å². The van der Waals surface area contributed by atoms with Crippen molar-refractivity contribution in [1.29, 1.82) is 0 Å². The second kappa shape index (κ2) is 7.40. The van der Waals surface area contributed by atoms with Crippen LogP contribution in [-0.2, 0) is 17.8 Å². The smallest absolute Gasteiger partial charge is 0.271 e. The first-order chi connectivity index (χ1) is 8.95. The number of aromatic nitrogens is 2. The summed E-state index contributed by atoms with van der Waals surface area (Å²) in [6.07, 6.45) is 0. The zero-order chi connectivity index (χ0) is 14.4. The van der Waals surface area contributed by atoms with Crippen LogP contribution in [0.1, 0.15) is 44.9 Å². The van der Waals surface area contributed by atoms with E-state index in [1.54, 1.807) is 7.11 Å². The number of nitrogens with one attached hydrogen (secondary N) is 1. The summed E-state index contributed by atoms with van der Waals surface area (Å²) in [7, 11) is 1.62. The van der Waals surface area contributed by atoms with Crippen molar-refractivity contribution in [2.75, 3.05) is 13.7 Å². The molecule has 5 nitrogen and oxygen atoms in total. The van der Waals surface area contributed by atoms with Gasteiger partial charge in [0.05, 0.1) is 18.8 Å². The Labute approximate surface area is 115 Å². The van der Waals surface area contributed by atoms with E-state index in [1.807, 2.05) is 6.07 Å². The Bertz CT molecular complexity index is 452. The third kappa shape index (κ3) is 4.76. The van der Waals surface area contributed by atoms with Crippen molar-refractivity contribution < 1.29 is 4.74 Å². The van der Waals surface area contributed by atoms with Gasteiger partial charge in [-0.15, -0.1) is 0 Å². The first-order valence-electron chi connectivity index (χ1n) is 6.79. The molecular formula is C14H25N3O2. The summed E-state index contributed by atoms with van der Waals surface area (Å²) in [5.74, 6) is 0.298. The fourth-order valence-electron chi connectivity index (χ4n) is 1.67. The maximum Gasteiger partial charge on any atom is 0.271 e. The number of hydrogen-bond acceptors (Lipinski definition) is 4. The highest BCUT2D eigenvalue weighted by Gasteiger charge is 2.11. The number of nitrogens with zero attached hydrogens (tertiary/aromatic N) is 2. The number of hydrogen-bond donors (Lipinski definition) is 1. The van der Waals surface area contributed by atoms with Gasteiger partial charge in [0.15, 0.2) is 0 Å². The van der Waals surface area contributed by atoms with Crippen LogP contribution < -0.4 is 10.9 Å². The van der Waals surface area contributed by atoms with Crippen LogP contribution in [0.3, 0.4) is 0 Å². The number of methoxy groups -OCH3 is 1. The lowest BCUT2D eigenvalue weighted by molar-refractivity contribution is 0.181. The van der Waals surface area contributed by atoms with Gasteiger partial charge in [0.1, 0.15) is 0 Å². The first kappa shape index (κ1) is 15.9. The fraction of sp³-hybridized carbons (Fsp3) is 0.714. The van der Waals surface area contributed by atoms with E-state index >= 15 is 0 Å². The van der Waals surface area contributed by atoms with E-state index in [2.05, 4.69) is 38.1 Å². The summed E-state index contributed by atoms with van der Waals surface area (Å²) < 4.78 is 6.53. The highest BCUT2D eigenvalue weighted by Crippen LogP contribution is 2.10. The summed E-state index contributed by atoms with van der Waals surface area (Å²) in [6.45, 7) is 9.84. The molecule has 0 aromatic carbocycles. The van der Waals surface area contributed by atoms with E-state index in [-0.39, 0.29) is 5.56 Å². The molecule has 0 spiro atoms. The van der Waals surface area contributed by atoms with Crippen LogP contribution >= 0.6 is 0 Å². The molecule has 0 saturated carbocycles. The second-order valence-electron chi connectivity index (χ2n) is 5.31. The average Bonchev–Trinajstić information content (AvgIpc) is 2.35. The molecule has 1 aromatic heterocycles. The van der Waals surface area contributed by atoms with E-state index < -0.39 is 0 Å². The standard InChI is InChI=1S/C14H25N3O2/c1-10(2)13-8-12(9-15-11(3)4)14(18)17(16-13)6-7-19-5/h8,10-11,15H,6-7,9H2,1-5H3. The molecular weight excluding hydrogens is 242 g/mol. The normalized spacial score (nSPS) is 11.5. The zero-order valence-corrected chi connectivity index (χ0v) is 12.6. The first-order valence-corrected chi connectivity index (χ1v) is 6.79. The van der Waals surface area contributed by atoms with Crippen LogP contribution in [0.4, 0.5) is 0 Å². The molecule has 1 rings (SSSR count). The fourth-order valence-corrected chi connectivity index (χ4v) is 1.67. The molecule has 1 heterocycles. The van der Waals surface area contributed by atoms with Gasteiger partial charge in [0.25, 0.3) is 5.56 Å². The Balaban J connectivity index is 3.06. The summed E-state index contributed by atoms with van der Waals surface area (Å²) in [5.41, 5.74) is 1.68. The lowest BCUT2D eigenvalue weighted by Crippen LogP contribution is -2.33. The van der Waals surface area contributed by atoms with E-state index in [9.17, 15) is 4.79 Å². The Morgan fingerprint density at radius 2 is 2.05 bits per heavy atom. The lowest BCUT2D eigenvalue weighted by atomic mass is 10.1. The van der Waals surface area contributed by atoms with Crippen molar-refractivity contribution in [3.63, 3.8) is 0 Å². The van der Waals surface area contributed by atoms with Gasteiger partial charge >= 0.3 is 0 Å². The second-order valence-corrected chi connectivity index (χ2v) is 5.31. The molecule has 5 heteroatoms. The Morgan fingerprint density at radius 1 is 1.37 bits per heavy atom. The monoisotopic (exact) mass is 267 g/mol. The van der Waals surface area contributed by atoms with Crippen LogP contribution in [0.25, 0.3) is 0 Å². The molecule has 0 atom stereocenters. The molecule has 0 amide bonds. The van der Waals surface area contributed by atoms with Gasteiger partial charge in [-0.25, -0.2) is 4.68 Å². The van der Waals surface area contributed by atoms with E-state index in [0.29, 0.717) is 31.7 Å². The van der Waals surface area contributed by atoms with Gasteiger partial charge < -0.3 is 10.1 Å². The van der Waals surface area contributed by atoms with Gasteiger partial charge in [0, 0.05) is 25.3 Å². The van der Waals surface area contributed by atoms with Gasteiger partial charge in [-0.05, 0) is 12.0 Å². The molecule has 0 fully saturated rings. The third-order valence-electron chi connectivity index (χ3n) is 2.87. The van der Waals surface area contributed by atoms with Gasteiger partial charge in [-0.3, -0.25) is 4.79 Å². The van der Waals surface area contributed by atoms with Crippen molar-refractivity contribution >= 4 is 0 Å². The van der Waals surface area contributed by atoms with Gasteiger partial charge in [-0.1, -0.05) is 27.7 Å². The Hall–Kier alpha value is -1.20. The van der Waals surface area contributed by atoms with Crippen LogP contribution in [0.5, 0.6) is 0 Å². The van der Waals surface area contributed by atoms with Gasteiger partial charge in [-0.2, -0.15) is 5.10 Å². The van der Waals surface area contributed by atoms with Crippen molar-refractivity contribution in [3.05, 3.63) is 27.7 Å². The molecule has 0 unspecified atom stereocenters. The minimum atomic E-state index is -0.0328. The molecule has 108 valence electrons. The number of rotatable bonds is 7. The molecule has 1 aromatic rings. The molecule has 0 aliphatic heterocycles. The molecule has 0 saturated heterocycles. The maximum atomic E-state index is 12.3. The van der Waals surface area contributed by atoms with E-state index in [4.69, 9.17) is 4.74 Å². The molecule has 19 heavy (non-hydrogen) atoms. The van der Waals surface area contributed by atoms with E-state index in [1.165, 1.54) is 4.68 Å². The lowest BCUT2D eigenvalue weighted by Gasteiger charge is -2.13. The predicted molar refractivity (Wildman–Crippen MR) is 76.4 cm³/mol. The summed E-state index contributed by atoms with van der Waals surface area (Å²) in [6, 6.07) is 2.26. The average molecular weight is 267 g/mol. The van der Waals surface area contributed by atoms with Crippen molar-refractivity contribution in [3.8, 4) is 0 Å². The Morgan fingerprint density at radius 3 is 2.58 bits per heavy atom. The molecule has 0 aliphatic carbocycles. The summed E-state index contributed by atoms with van der Waals surface area (Å²) in [4.78, 5) is 12.3.